The minimum Gasteiger partial charge on any atom is -0.383 e. The number of hydrogen-bond acceptors (Lipinski definition) is 5. The van der Waals surface area contributed by atoms with Crippen LogP contribution in [0.2, 0.25) is 0 Å². The van der Waals surface area contributed by atoms with Crippen molar-refractivity contribution in [1.82, 2.24) is 19.7 Å². The molecule has 0 saturated carbocycles. The summed E-state index contributed by atoms with van der Waals surface area (Å²) < 4.78 is 25.9. The SMILES string of the molecule is CNS(=O)(=O)c1cccc(CC#Cc2c[nH]c3ncnc(N)c23)c1. The number of nitrogens with two attached hydrogens (primary N) is 1. The summed E-state index contributed by atoms with van der Waals surface area (Å²) in [7, 11) is -2.08. The first-order chi connectivity index (χ1) is 11.5. The van der Waals surface area contributed by atoms with E-state index in [4.69, 9.17) is 5.73 Å². The molecule has 0 radical (unpaired) electrons. The van der Waals surface area contributed by atoms with Gasteiger partial charge in [0.05, 0.1) is 15.8 Å². The molecule has 3 rings (SSSR count). The molecule has 1 aromatic carbocycles. The first kappa shape index (κ1) is 16.0. The van der Waals surface area contributed by atoms with E-state index in [1.54, 1.807) is 24.4 Å². The van der Waals surface area contributed by atoms with Crippen molar-refractivity contribution in [2.45, 2.75) is 11.3 Å². The fraction of sp³-hybridized carbons (Fsp3) is 0.125. The molecule has 0 aliphatic heterocycles. The highest BCUT2D eigenvalue weighted by molar-refractivity contribution is 7.89. The van der Waals surface area contributed by atoms with Crippen molar-refractivity contribution in [3.63, 3.8) is 0 Å². The third-order valence-electron chi connectivity index (χ3n) is 3.49. The molecule has 122 valence electrons. The molecule has 0 fully saturated rings. The Labute approximate surface area is 139 Å². The van der Waals surface area contributed by atoms with E-state index in [-0.39, 0.29) is 4.90 Å². The molecule has 2 aromatic heterocycles. The standard InChI is InChI=1S/C16H15N5O2S/c1-18-24(22,23)13-7-3-5-11(8-13)4-2-6-12-9-19-16-14(12)15(17)20-10-21-16/h3,5,7-10,18H,4H2,1H3,(H3,17,19,20,21). The Kier molecular flexibility index (Phi) is 4.20. The molecule has 0 unspecified atom stereocenters. The molecule has 0 spiro atoms. The first-order valence-corrected chi connectivity index (χ1v) is 8.58. The first-order valence-electron chi connectivity index (χ1n) is 7.10. The van der Waals surface area contributed by atoms with E-state index in [0.717, 1.165) is 5.56 Å². The molecule has 4 N–H and O–H groups in total. The Balaban J connectivity index is 1.87. The van der Waals surface area contributed by atoms with Gasteiger partial charge >= 0.3 is 0 Å². The molecule has 0 aliphatic rings. The highest BCUT2D eigenvalue weighted by atomic mass is 32.2. The number of H-pyrrole nitrogens is 1. The van der Waals surface area contributed by atoms with E-state index in [9.17, 15) is 8.42 Å². The molecule has 8 heteroatoms. The predicted molar refractivity (Wildman–Crippen MR) is 91.6 cm³/mol. The highest BCUT2D eigenvalue weighted by Crippen LogP contribution is 2.19. The number of anilines is 1. The summed E-state index contributed by atoms with van der Waals surface area (Å²) in [5, 5.41) is 0.691. The van der Waals surface area contributed by atoms with Gasteiger partial charge in [0.2, 0.25) is 10.0 Å². The Morgan fingerprint density at radius 2 is 2.17 bits per heavy atom. The largest absolute Gasteiger partial charge is 0.383 e. The summed E-state index contributed by atoms with van der Waals surface area (Å²) in [6, 6.07) is 6.67. The summed E-state index contributed by atoms with van der Waals surface area (Å²) in [5.41, 5.74) is 8.01. The highest BCUT2D eigenvalue weighted by Gasteiger charge is 2.11. The van der Waals surface area contributed by atoms with Crippen LogP contribution in [0, 0.1) is 11.8 Å². The smallest absolute Gasteiger partial charge is 0.240 e. The fourth-order valence-electron chi connectivity index (χ4n) is 2.27. The number of aromatic nitrogens is 3. The number of nitrogen functional groups attached to an aromatic ring is 1. The van der Waals surface area contributed by atoms with Crippen LogP contribution in [0.4, 0.5) is 5.82 Å². The van der Waals surface area contributed by atoms with Crippen molar-refractivity contribution in [2.24, 2.45) is 0 Å². The summed E-state index contributed by atoms with van der Waals surface area (Å²) >= 11 is 0. The Bertz CT molecular complexity index is 1060. The number of hydrogen-bond donors (Lipinski definition) is 3. The van der Waals surface area contributed by atoms with Gasteiger partial charge < -0.3 is 10.7 Å². The van der Waals surface area contributed by atoms with E-state index in [1.807, 2.05) is 6.07 Å². The van der Waals surface area contributed by atoms with Crippen LogP contribution in [0.3, 0.4) is 0 Å². The summed E-state index contributed by atoms with van der Waals surface area (Å²) in [5.74, 6) is 6.41. The number of nitrogens with zero attached hydrogens (tertiary/aromatic N) is 2. The number of nitrogens with one attached hydrogen (secondary N) is 2. The lowest BCUT2D eigenvalue weighted by atomic mass is 10.1. The molecule has 0 atom stereocenters. The van der Waals surface area contributed by atoms with Crippen LogP contribution < -0.4 is 10.5 Å². The number of fused-ring (bicyclic) bond motifs is 1. The Hall–Kier alpha value is -2.89. The maximum Gasteiger partial charge on any atom is 0.240 e. The molecule has 7 nitrogen and oxygen atoms in total. The molecule has 0 bridgehead atoms. The third kappa shape index (κ3) is 3.08. The van der Waals surface area contributed by atoms with Crippen molar-refractivity contribution in [1.29, 1.82) is 0 Å². The fourth-order valence-corrected chi connectivity index (χ4v) is 3.07. The van der Waals surface area contributed by atoms with Gasteiger partial charge in [-0.05, 0) is 24.7 Å². The minimum atomic E-state index is -3.46. The lowest BCUT2D eigenvalue weighted by molar-refractivity contribution is 0.588. The third-order valence-corrected chi connectivity index (χ3v) is 4.90. The summed E-state index contributed by atoms with van der Waals surface area (Å²) in [6.07, 6.45) is 3.52. The van der Waals surface area contributed by atoms with E-state index >= 15 is 0 Å². The zero-order valence-corrected chi connectivity index (χ0v) is 13.7. The van der Waals surface area contributed by atoms with Crippen LogP contribution in [0.15, 0.2) is 41.7 Å². The van der Waals surface area contributed by atoms with Crippen LogP contribution in [-0.4, -0.2) is 30.4 Å². The second-order valence-corrected chi connectivity index (χ2v) is 6.90. The lowest BCUT2D eigenvalue weighted by Crippen LogP contribution is -2.18. The topological polar surface area (TPSA) is 114 Å². The minimum absolute atomic E-state index is 0.217. The maximum absolute atomic E-state index is 11.8. The Morgan fingerprint density at radius 3 is 2.96 bits per heavy atom. The zero-order valence-electron chi connectivity index (χ0n) is 12.9. The molecule has 2 heterocycles. The number of benzene rings is 1. The van der Waals surface area contributed by atoms with Gasteiger partial charge in [0.25, 0.3) is 0 Å². The van der Waals surface area contributed by atoms with E-state index in [0.29, 0.717) is 28.8 Å². The number of aromatic amines is 1. The van der Waals surface area contributed by atoms with Gasteiger partial charge in [-0.25, -0.2) is 23.1 Å². The zero-order chi connectivity index (χ0) is 17.2. The molecule has 24 heavy (non-hydrogen) atoms. The van der Waals surface area contributed by atoms with Gasteiger partial charge in [-0.1, -0.05) is 24.0 Å². The summed E-state index contributed by atoms with van der Waals surface area (Å²) in [4.78, 5) is 11.3. The van der Waals surface area contributed by atoms with Gasteiger partial charge in [-0.15, -0.1) is 0 Å². The van der Waals surface area contributed by atoms with Gasteiger partial charge in [0.15, 0.2) is 0 Å². The van der Waals surface area contributed by atoms with Crippen molar-refractivity contribution < 1.29 is 8.42 Å². The maximum atomic E-state index is 11.8. The molecular weight excluding hydrogens is 326 g/mol. The van der Waals surface area contributed by atoms with Crippen molar-refractivity contribution in [3.8, 4) is 11.8 Å². The van der Waals surface area contributed by atoms with Crippen LogP contribution in [-0.2, 0) is 16.4 Å². The Morgan fingerprint density at radius 1 is 1.33 bits per heavy atom. The molecule has 0 aliphatic carbocycles. The van der Waals surface area contributed by atoms with E-state index in [2.05, 4.69) is 31.5 Å². The van der Waals surface area contributed by atoms with Crippen molar-refractivity contribution in [3.05, 3.63) is 47.9 Å². The monoisotopic (exact) mass is 341 g/mol. The molecule has 3 aromatic rings. The predicted octanol–water partition coefficient (Wildman–Crippen LogP) is 1.04. The average molecular weight is 341 g/mol. The van der Waals surface area contributed by atoms with Gasteiger partial charge in [0.1, 0.15) is 17.8 Å². The lowest BCUT2D eigenvalue weighted by Gasteiger charge is -2.03. The quantitative estimate of drug-likeness (QED) is 0.616. The summed E-state index contributed by atoms with van der Waals surface area (Å²) in [6.45, 7) is 0. The van der Waals surface area contributed by atoms with Crippen molar-refractivity contribution in [2.75, 3.05) is 12.8 Å². The number of sulfonamides is 1. The normalized spacial score (nSPS) is 11.2. The molecule has 0 amide bonds. The van der Waals surface area contributed by atoms with Gasteiger partial charge in [-0.2, -0.15) is 0 Å². The second-order valence-electron chi connectivity index (χ2n) is 5.02. The van der Waals surface area contributed by atoms with Gasteiger partial charge in [0, 0.05) is 12.6 Å². The van der Waals surface area contributed by atoms with E-state index < -0.39 is 10.0 Å². The van der Waals surface area contributed by atoms with E-state index in [1.165, 1.54) is 13.4 Å². The van der Waals surface area contributed by atoms with Crippen LogP contribution >= 0.6 is 0 Å². The van der Waals surface area contributed by atoms with Gasteiger partial charge in [-0.3, -0.25) is 0 Å². The second kappa shape index (κ2) is 6.31. The van der Waals surface area contributed by atoms with Crippen LogP contribution in [0.25, 0.3) is 11.0 Å². The van der Waals surface area contributed by atoms with Crippen LogP contribution in [0.1, 0.15) is 11.1 Å². The molecular formula is C16H15N5O2S. The van der Waals surface area contributed by atoms with Crippen LogP contribution in [0.5, 0.6) is 0 Å². The average Bonchev–Trinajstić information content (AvgIpc) is 3.00. The number of rotatable bonds is 3. The van der Waals surface area contributed by atoms with Crippen molar-refractivity contribution >= 4 is 26.9 Å². The molecule has 0 saturated heterocycles.